The molecule has 1 atom stereocenters. The molecule has 2 aromatic heterocycles. The molecule has 1 aromatic carbocycles. The smallest absolute Gasteiger partial charge is 0.310 e. The molecular formula is C16H14N2O4. The summed E-state index contributed by atoms with van der Waals surface area (Å²) in [4.78, 5) is 28.1. The van der Waals surface area contributed by atoms with Gasteiger partial charge in [0, 0.05) is 12.3 Å². The predicted octanol–water partition coefficient (Wildman–Crippen LogP) is 2.04. The average molecular weight is 298 g/mol. The number of carboxylic acid groups (broad SMARTS) is 1. The summed E-state index contributed by atoms with van der Waals surface area (Å²) >= 11 is 0. The number of hydrogen-bond acceptors (Lipinski definition) is 4. The maximum Gasteiger partial charge on any atom is 0.310 e. The van der Waals surface area contributed by atoms with Crippen LogP contribution in [0.3, 0.4) is 0 Å². The zero-order chi connectivity index (χ0) is 15.9. The summed E-state index contributed by atoms with van der Waals surface area (Å²) < 4.78 is 6.52. The van der Waals surface area contributed by atoms with E-state index in [1.807, 2.05) is 0 Å². The van der Waals surface area contributed by atoms with E-state index in [-0.39, 0.29) is 5.56 Å². The summed E-state index contributed by atoms with van der Waals surface area (Å²) in [6.07, 6.45) is 1.53. The average Bonchev–Trinajstić information content (AvgIpc) is 2.53. The highest BCUT2D eigenvalue weighted by molar-refractivity contribution is 5.81. The number of methoxy groups -OCH3 is 1. The van der Waals surface area contributed by atoms with Crippen molar-refractivity contribution < 1.29 is 14.6 Å². The molecule has 0 fully saturated rings. The molecule has 0 spiro atoms. The van der Waals surface area contributed by atoms with Crippen molar-refractivity contribution in [1.29, 1.82) is 0 Å². The van der Waals surface area contributed by atoms with Crippen molar-refractivity contribution in [2.24, 2.45) is 0 Å². The quantitative estimate of drug-likeness (QED) is 0.748. The normalized spacial score (nSPS) is 12.5. The van der Waals surface area contributed by atoms with E-state index in [0.717, 1.165) is 0 Å². The Balaban J connectivity index is 2.29. The van der Waals surface area contributed by atoms with Crippen LogP contribution in [-0.4, -0.2) is 27.6 Å². The van der Waals surface area contributed by atoms with Crippen molar-refractivity contribution in [3.63, 3.8) is 0 Å². The molecule has 0 saturated heterocycles. The second-order valence-electron chi connectivity index (χ2n) is 5.05. The maximum absolute atomic E-state index is 12.6. The van der Waals surface area contributed by atoms with Gasteiger partial charge < -0.3 is 9.84 Å². The van der Waals surface area contributed by atoms with Crippen LogP contribution in [-0.2, 0) is 4.79 Å². The number of pyridine rings is 1. The number of aromatic nitrogens is 2. The van der Waals surface area contributed by atoms with Crippen LogP contribution in [0.5, 0.6) is 5.75 Å². The predicted molar refractivity (Wildman–Crippen MR) is 81.6 cm³/mol. The van der Waals surface area contributed by atoms with Crippen LogP contribution in [0.4, 0.5) is 0 Å². The minimum Gasteiger partial charge on any atom is -0.497 e. The Kier molecular flexibility index (Phi) is 3.29. The van der Waals surface area contributed by atoms with Gasteiger partial charge in [-0.3, -0.25) is 14.0 Å². The minimum atomic E-state index is -0.939. The standard InChI is InChI=1S/C16H14N2O4/c1-9(16(20)21)10-3-6-14-17-13-7-11(22-2)4-5-12(13)15(19)18(14)8-10/h3-9H,1-2H3,(H,20,21). The van der Waals surface area contributed by atoms with Gasteiger partial charge in [0.05, 0.1) is 23.9 Å². The summed E-state index contributed by atoms with van der Waals surface area (Å²) in [5.74, 6) is -1.01. The highest BCUT2D eigenvalue weighted by Crippen LogP contribution is 2.19. The molecule has 0 aliphatic rings. The molecular weight excluding hydrogens is 284 g/mol. The van der Waals surface area contributed by atoms with Gasteiger partial charge in [-0.25, -0.2) is 4.98 Å². The lowest BCUT2D eigenvalue weighted by Gasteiger charge is -2.09. The van der Waals surface area contributed by atoms with Gasteiger partial charge in [-0.1, -0.05) is 6.07 Å². The lowest BCUT2D eigenvalue weighted by atomic mass is 10.0. The van der Waals surface area contributed by atoms with Crippen molar-refractivity contribution in [2.45, 2.75) is 12.8 Å². The highest BCUT2D eigenvalue weighted by atomic mass is 16.5. The van der Waals surface area contributed by atoms with E-state index in [0.29, 0.717) is 27.9 Å². The molecule has 3 aromatic rings. The minimum absolute atomic E-state index is 0.234. The van der Waals surface area contributed by atoms with E-state index in [1.165, 1.54) is 10.6 Å². The Hall–Kier alpha value is -2.89. The number of fused-ring (bicyclic) bond motifs is 2. The first-order chi connectivity index (χ1) is 10.5. The van der Waals surface area contributed by atoms with Crippen molar-refractivity contribution >= 4 is 22.5 Å². The van der Waals surface area contributed by atoms with Crippen molar-refractivity contribution in [3.8, 4) is 5.75 Å². The third-order valence-corrected chi connectivity index (χ3v) is 3.71. The number of ether oxygens (including phenoxy) is 1. The second-order valence-corrected chi connectivity index (χ2v) is 5.05. The topological polar surface area (TPSA) is 80.9 Å². The molecule has 6 heteroatoms. The van der Waals surface area contributed by atoms with E-state index in [4.69, 9.17) is 9.84 Å². The SMILES string of the molecule is COc1ccc2c(=O)n3cc(C(C)C(=O)O)ccc3nc2c1. The molecule has 1 unspecified atom stereocenters. The first-order valence-corrected chi connectivity index (χ1v) is 6.74. The number of carboxylic acids is 1. The summed E-state index contributed by atoms with van der Waals surface area (Å²) in [6.45, 7) is 1.58. The molecule has 1 N–H and O–H groups in total. The zero-order valence-electron chi connectivity index (χ0n) is 12.1. The van der Waals surface area contributed by atoms with E-state index >= 15 is 0 Å². The van der Waals surface area contributed by atoms with Gasteiger partial charge in [0.1, 0.15) is 11.4 Å². The van der Waals surface area contributed by atoms with Crippen LogP contribution < -0.4 is 10.3 Å². The van der Waals surface area contributed by atoms with Crippen LogP contribution in [0.15, 0.2) is 41.3 Å². The fourth-order valence-corrected chi connectivity index (χ4v) is 2.33. The molecule has 6 nitrogen and oxygen atoms in total. The van der Waals surface area contributed by atoms with Gasteiger partial charge in [0.2, 0.25) is 0 Å². The fraction of sp³-hybridized carbons (Fsp3) is 0.188. The molecule has 3 rings (SSSR count). The number of rotatable bonds is 3. The van der Waals surface area contributed by atoms with E-state index in [1.54, 1.807) is 44.4 Å². The molecule has 0 amide bonds. The van der Waals surface area contributed by atoms with Gasteiger partial charge in [-0.15, -0.1) is 0 Å². The summed E-state index contributed by atoms with van der Waals surface area (Å²) in [7, 11) is 1.55. The molecule has 0 saturated carbocycles. The number of nitrogens with zero attached hydrogens (tertiary/aromatic N) is 2. The highest BCUT2D eigenvalue weighted by Gasteiger charge is 2.15. The third kappa shape index (κ3) is 2.18. The van der Waals surface area contributed by atoms with Gasteiger partial charge in [0.25, 0.3) is 5.56 Å². The van der Waals surface area contributed by atoms with E-state index in [2.05, 4.69) is 4.98 Å². The Labute approximate surface area is 125 Å². The summed E-state index contributed by atoms with van der Waals surface area (Å²) in [6, 6.07) is 8.37. The Morgan fingerprint density at radius 2 is 2.09 bits per heavy atom. The molecule has 0 aliphatic carbocycles. The Bertz CT molecular complexity index is 946. The second kappa shape index (κ2) is 5.14. The molecule has 0 radical (unpaired) electrons. The number of benzene rings is 1. The monoisotopic (exact) mass is 298 g/mol. The lowest BCUT2D eigenvalue weighted by Crippen LogP contribution is -2.17. The van der Waals surface area contributed by atoms with Crippen LogP contribution in [0.2, 0.25) is 0 Å². The summed E-state index contributed by atoms with van der Waals surface area (Å²) in [5.41, 5.74) is 1.33. The van der Waals surface area contributed by atoms with Crippen LogP contribution in [0.25, 0.3) is 16.6 Å². The third-order valence-electron chi connectivity index (χ3n) is 3.71. The van der Waals surface area contributed by atoms with Crippen LogP contribution in [0.1, 0.15) is 18.4 Å². The van der Waals surface area contributed by atoms with E-state index < -0.39 is 11.9 Å². The van der Waals surface area contributed by atoms with Crippen LogP contribution >= 0.6 is 0 Å². The maximum atomic E-state index is 12.6. The molecule has 0 aliphatic heterocycles. The Morgan fingerprint density at radius 3 is 2.77 bits per heavy atom. The summed E-state index contributed by atoms with van der Waals surface area (Å²) in [5, 5.41) is 9.55. The fourth-order valence-electron chi connectivity index (χ4n) is 2.33. The molecule has 2 heterocycles. The van der Waals surface area contributed by atoms with Gasteiger partial charge in [-0.2, -0.15) is 0 Å². The number of hydrogen-bond donors (Lipinski definition) is 1. The molecule has 0 bridgehead atoms. The van der Waals surface area contributed by atoms with Crippen LogP contribution in [0, 0.1) is 0 Å². The largest absolute Gasteiger partial charge is 0.497 e. The first kappa shape index (κ1) is 14.1. The Morgan fingerprint density at radius 1 is 1.32 bits per heavy atom. The first-order valence-electron chi connectivity index (χ1n) is 6.74. The van der Waals surface area contributed by atoms with Crippen molar-refractivity contribution in [2.75, 3.05) is 7.11 Å². The van der Waals surface area contributed by atoms with Gasteiger partial charge >= 0.3 is 5.97 Å². The molecule has 22 heavy (non-hydrogen) atoms. The van der Waals surface area contributed by atoms with Crippen molar-refractivity contribution in [1.82, 2.24) is 9.38 Å². The molecule has 112 valence electrons. The van der Waals surface area contributed by atoms with Gasteiger partial charge in [-0.05, 0) is 30.7 Å². The van der Waals surface area contributed by atoms with E-state index in [9.17, 15) is 9.59 Å². The number of carbonyl (C=O) groups is 1. The van der Waals surface area contributed by atoms with Crippen molar-refractivity contribution in [3.05, 3.63) is 52.4 Å². The number of aliphatic carboxylic acids is 1. The lowest BCUT2D eigenvalue weighted by molar-refractivity contribution is -0.138. The van der Waals surface area contributed by atoms with Gasteiger partial charge in [0.15, 0.2) is 0 Å². The zero-order valence-corrected chi connectivity index (χ0v) is 12.1.